The third-order valence-corrected chi connectivity index (χ3v) is 4.77. The Morgan fingerprint density at radius 1 is 1.47 bits per heavy atom. The third kappa shape index (κ3) is 0.733. The molecule has 5 rings (SSSR count). The normalized spacial score (nSPS) is 55.8. The highest BCUT2D eigenvalue weighted by atomic mass is 16.6. The van der Waals surface area contributed by atoms with E-state index >= 15 is 0 Å². The van der Waals surface area contributed by atoms with Crippen molar-refractivity contribution < 1.29 is 14.3 Å². The van der Waals surface area contributed by atoms with Crippen LogP contribution in [0.2, 0.25) is 0 Å². The minimum atomic E-state index is -0.428. The maximum atomic E-state index is 12.5. The van der Waals surface area contributed by atoms with E-state index in [1.54, 1.807) is 0 Å². The molecule has 0 aromatic heterocycles. The summed E-state index contributed by atoms with van der Waals surface area (Å²) in [6.45, 7) is 4.10. The lowest BCUT2D eigenvalue weighted by molar-refractivity contribution is -0.140. The number of Topliss-reactive ketones (excluding diaryl/α,β-unsaturated/α-hetero) is 1. The zero-order valence-corrected chi connectivity index (χ0v) is 8.79. The molecule has 2 spiro atoms. The van der Waals surface area contributed by atoms with Crippen molar-refractivity contribution >= 4 is 5.78 Å². The fourth-order valence-electron chi connectivity index (χ4n) is 3.89. The average Bonchev–Trinajstić information content (AvgIpc) is 2.88. The van der Waals surface area contributed by atoms with Crippen LogP contribution in [-0.2, 0) is 14.3 Å². The number of hydrogen-bond donors (Lipinski definition) is 0. The van der Waals surface area contributed by atoms with Gasteiger partial charge in [-0.25, -0.2) is 0 Å². The van der Waals surface area contributed by atoms with E-state index in [-0.39, 0.29) is 5.41 Å². The first kappa shape index (κ1) is 8.48. The maximum Gasteiger partial charge on any atom is 0.180 e. The van der Waals surface area contributed by atoms with Crippen molar-refractivity contribution in [3.05, 3.63) is 11.6 Å². The first-order chi connectivity index (χ1) is 7.19. The summed E-state index contributed by atoms with van der Waals surface area (Å²) in [5.74, 6) is 1.05. The Labute approximate surface area is 88.4 Å². The van der Waals surface area contributed by atoms with Crippen molar-refractivity contribution in [3.8, 4) is 0 Å². The van der Waals surface area contributed by atoms with Crippen LogP contribution in [-0.4, -0.2) is 31.2 Å². The Morgan fingerprint density at radius 2 is 2.27 bits per heavy atom. The highest BCUT2D eigenvalue weighted by Gasteiger charge is 2.72. The lowest BCUT2D eigenvalue weighted by Crippen LogP contribution is -2.57. The summed E-state index contributed by atoms with van der Waals surface area (Å²) in [5.41, 5.74) is 0.590. The van der Waals surface area contributed by atoms with Crippen LogP contribution in [0.25, 0.3) is 0 Å². The van der Waals surface area contributed by atoms with Gasteiger partial charge >= 0.3 is 0 Å². The summed E-state index contributed by atoms with van der Waals surface area (Å²) < 4.78 is 11.0. The summed E-state index contributed by atoms with van der Waals surface area (Å²) in [7, 11) is 0. The van der Waals surface area contributed by atoms with Gasteiger partial charge in [0.1, 0.15) is 0 Å². The zero-order valence-electron chi connectivity index (χ0n) is 8.79. The quantitative estimate of drug-likeness (QED) is 0.437. The molecule has 2 saturated heterocycles. The van der Waals surface area contributed by atoms with Crippen molar-refractivity contribution in [1.82, 2.24) is 0 Å². The van der Waals surface area contributed by atoms with Crippen LogP contribution in [0, 0.1) is 17.3 Å². The van der Waals surface area contributed by atoms with E-state index in [9.17, 15) is 4.79 Å². The molecule has 0 aromatic rings. The zero-order chi connectivity index (χ0) is 10.3. The minimum Gasteiger partial charge on any atom is -0.380 e. The molecule has 1 saturated carbocycles. The molecule has 0 amide bonds. The Morgan fingerprint density at radius 3 is 3.00 bits per heavy atom. The van der Waals surface area contributed by atoms with Crippen molar-refractivity contribution in [3.63, 3.8) is 0 Å². The van der Waals surface area contributed by atoms with Gasteiger partial charge in [0.05, 0.1) is 25.2 Å². The number of hydrogen-bond acceptors (Lipinski definition) is 3. The van der Waals surface area contributed by atoms with Gasteiger partial charge in [0, 0.05) is 11.8 Å². The van der Waals surface area contributed by atoms with Crippen LogP contribution >= 0.6 is 0 Å². The van der Waals surface area contributed by atoms with Crippen LogP contribution < -0.4 is 0 Å². The fraction of sp³-hybridized carbons (Fsp3) is 0.750. The van der Waals surface area contributed by atoms with Crippen LogP contribution in [0.4, 0.5) is 0 Å². The first-order valence-corrected chi connectivity index (χ1v) is 5.65. The molecule has 3 aliphatic carbocycles. The van der Waals surface area contributed by atoms with Crippen molar-refractivity contribution in [2.45, 2.75) is 18.9 Å². The van der Waals surface area contributed by atoms with Crippen molar-refractivity contribution in [1.29, 1.82) is 0 Å². The Balaban J connectivity index is 1.95. The molecule has 5 aliphatic rings. The molecule has 15 heavy (non-hydrogen) atoms. The van der Waals surface area contributed by atoms with E-state index in [0.717, 1.165) is 13.0 Å². The van der Waals surface area contributed by atoms with Gasteiger partial charge < -0.3 is 9.47 Å². The summed E-state index contributed by atoms with van der Waals surface area (Å²) in [5, 5.41) is 0. The smallest absolute Gasteiger partial charge is 0.180 e. The lowest BCUT2D eigenvalue weighted by atomic mass is 9.53. The van der Waals surface area contributed by atoms with Gasteiger partial charge in [-0.2, -0.15) is 0 Å². The highest BCUT2D eigenvalue weighted by Crippen LogP contribution is 2.61. The molecule has 3 fully saturated rings. The fourth-order valence-corrected chi connectivity index (χ4v) is 3.89. The largest absolute Gasteiger partial charge is 0.380 e. The van der Waals surface area contributed by atoms with Gasteiger partial charge in [0.15, 0.2) is 11.4 Å². The minimum absolute atomic E-state index is 0.305. The second-order valence-electron chi connectivity index (χ2n) is 5.44. The lowest BCUT2D eigenvalue weighted by Gasteiger charge is -2.47. The molecule has 3 nitrogen and oxygen atoms in total. The molecule has 0 radical (unpaired) electrons. The van der Waals surface area contributed by atoms with Crippen molar-refractivity contribution in [2.24, 2.45) is 17.3 Å². The predicted molar refractivity (Wildman–Crippen MR) is 52.3 cm³/mol. The molecular formula is C12H14O3. The van der Waals surface area contributed by atoms with Gasteiger partial charge in [-0.1, -0.05) is 11.6 Å². The average molecular weight is 206 g/mol. The number of carbonyl (C=O) groups is 1. The Hall–Kier alpha value is -0.670. The maximum absolute atomic E-state index is 12.5. The summed E-state index contributed by atoms with van der Waals surface area (Å²) in [6, 6.07) is 0. The van der Waals surface area contributed by atoms with E-state index < -0.39 is 5.60 Å². The highest BCUT2D eigenvalue weighted by molar-refractivity contribution is 6.00. The SMILES string of the molecule is CC1=C[C@@]23COC[C@H]2C[C@@H]1[C@@]1(CO1)C3=O. The second-order valence-corrected chi connectivity index (χ2v) is 5.44. The van der Waals surface area contributed by atoms with Crippen LogP contribution in [0.5, 0.6) is 0 Å². The molecule has 80 valence electrons. The Kier molecular flexibility index (Phi) is 1.25. The summed E-state index contributed by atoms with van der Waals surface area (Å²) >= 11 is 0. The molecule has 0 unspecified atom stereocenters. The standard InChI is InChI=1S/C12H14O3/c1-7-3-11-5-14-4-8(11)2-9(7)12(6-15-12)10(11)13/h3,8-9H,2,4-6H2,1H3/t8-,9+,11-,12+/m1/s1. The van der Waals surface area contributed by atoms with E-state index in [1.807, 2.05) is 0 Å². The van der Waals surface area contributed by atoms with Crippen LogP contribution in [0.15, 0.2) is 11.6 Å². The molecule has 2 heterocycles. The number of ketones is 1. The summed E-state index contributed by atoms with van der Waals surface area (Å²) in [4.78, 5) is 12.5. The Bertz CT molecular complexity index is 394. The molecule has 3 heteroatoms. The van der Waals surface area contributed by atoms with E-state index in [2.05, 4.69) is 13.0 Å². The predicted octanol–water partition coefficient (Wildman–Crippen LogP) is 0.937. The first-order valence-electron chi connectivity index (χ1n) is 5.65. The topological polar surface area (TPSA) is 38.8 Å². The molecular weight excluding hydrogens is 192 g/mol. The number of epoxide rings is 1. The number of carbonyl (C=O) groups excluding carboxylic acids is 1. The third-order valence-electron chi connectivity index (χ3n) is 4.77. The van der Waals surface area contributed by atoms with Crippen molar-refractivity contribution in [2.75, 3.05) is 19.8 Å². The molecule has 2 bridgehead atoms. The van der Waals surface area contributed by atoms with Gasteiger partial charge in [-0.15, -0.1) is 0 Å². The van der Waals surface area contributed by atoms with Gasteiger partial charge in [-0.3, -0.25) is 4.79 Å². The number of rotatable bonds is 0. The van der Waals surface area contributed by atoms with E-state index in [0.29, 0.717) is 30.8 Å². The molecule has 4 atom stereocenters. The number of ether oxygens (including phenoxy) is 2. The summed E-state index contributed by atoms with van der Waals surface area (Å²) in [6.07, 6.45) is 3.25. The second kappa shape index (κ2) is 2.20. The van der Waals surface area contributed by atoms with Gasteiger partial charge in [0.25, 0.3) is 0 Å². The van der Waals surface area contributed by atoms with Gasteiger partial charge in [-0.05, 0) is 13.3 Å². The van der Waals surface area contributed by atoms with E-state index in [1.165, 1.54) is 5.57 Å². The molecule has 0 N–H and O–H groups in total. The molecule has 0 aromatic carbocycles. The molecule has 2 aliphatic heterocycles. The van der Waals surface area contributed by atoms with E-state index in [4.69, 9.17) is 9.47 Å². The van der Waals surface area contributed by atoms with Crippen LogP contribution in [0.3, 0.4) is 0 Å². The van der Waals surface area contributed by atoms with Gasteiger partial charge in [0.2, 0.25) is 0 Å². The van der Waals surface area contributed by atoms with Crippen LogP contribution in [0.1, 0.15) is 13.3 Å². The monoisotopic (exact) mass is 206 g/mol.